The second kappa shape index (κ2) is 10.2. The number of nitrogens with zero attached hydrogens (tertiary/aromatic N) is 1. The van der Waals surface area contributed by atoms with E-state index in [0.29, 0.717) is 28.9 Å². The number of amides is 1. The molecule has 0 bridgehead atoms. The molecule has 1 unspecified atom stereocenters. The van der Waals surface area contributed by atoms with Crippen LogP contribution < -0.4 is 15.4 Å². The zero-order chi connectivity index (χ0) is 22.2. The van der Waals surface area contributed by atoms with Crippen LogP contribution in [0.2, 0.25) is 0 Å². The fourth-order valence-electron chi connectivity index (χ4n) is 3.08. The molecule has 0 aliphatic rings. The molecule has 0 spiro atoms. The highest BCUT2D eigenvalue weighted by molar-refractivity contribution is 5.97. The van der Waals surface area contributed by atoms with Gasteiger partial charge in [-0.1, -0.05) is 42.5 Å². The summed E-state index contributed by atoms with van der Waals surface area (Å²) in [6, 6.07) is 22.3. The lowest BCUT2D eigenvalue weighted by Crippen LogP contribution is -2.32. The molecule has 2 N–H and O–H groups in total. The molecular weight excluding hydrogens is 400 g/mol. The van der Waals surface area contributed by atoms with Gasteiger partial charge < -0.3 is 15.4 Å². The number of nitrogens with one attached hydrogen (secondary N) is 2. The van der Waals surface area contributed by atoms with Crippen molar-refractivity contribution in [1.29, 1.82) is 5.26 Å². The number of nitriles is 1. The van der Waals surface area contributed by atoms with E-state index in [1.165, 1.54) is 6.07 Å². The van der Waals surface area contributed by atoms with Crippen LogP contribution in [-0.2, 0) is 11.2 Å². The molecule has 1 amide bonds. The monoisotopic (exact) mass is 421 g/mol. The van der Waals surface area contributed by atoms with E-state index in [0.717, 1.165) is 5.56 Å². The van der Waals surface area contributed by atoms with Gasteiger partial charge in [-0.25, -0.2) is 0 Å². The minimum atomic E-state index is -2.93. The molecule has 0 saturated carbocycles. The van der Waals surface area contributed by atoms with E-state index in [2.05, 4.69) is 15.4 Å². The molecule has 0 heterocycles. The number of carbonyl (C=O) groups is 1. The summed E-state index contributed by atoms with van der Waals surface area (Å²) in [6.07, 6.45) is 0.397. The Morgan fingerprint density at radius 1 is 1.06 bits per heavy atom. The molecule has 0 fully saturated rings. The fourth-order valence-corrected chi connectivity index (χ4v) is 3.08. The van der Waals surface area contributed by atoms with E-state index < -0.39 is 12.7 Å². The Kier molecular flexibility index (Phi) is 7.17. The molecule has 0 aliphatic heterocycles. The first-order valence-electron chi connectivity index (χ1n) is 9.64. The van der Waals surface area contributed by atoms with Crippen LogP contribution in [0.4, 0.5) is 20.2 Å². The average Bonchev–Trinajstić information content (AvgIpc) is 2.76. The number of ether oxygens (including phenoxy) is 1. The molecule has 0 radical (unpaired) electrons. The second-order valence-electron chi connectivity index (χ2n) is 6.88. The molecule has 3 rings (SSSR count). The van der Waals surface area contributed by atoms with E-state index in [1.807, 2.05) is 36.4 Å². The van der Waals surface area contributed by atoms with Gasteiger partial charge in [0.1, 0.15) is 17.9 Å². The van der Waals surface area contributed by atoms with Crippen LogP contribution in [0.1, 0.15) is 23.6 Å². The second-order valence-corrected chi connectivity index (χ2v) is 6.88. The first kappa shape index (κ1) is 21.8. The minimum Gasteiger partial charge on any atom is -0.435 e. The molecule has 7 heteroatoms. The van der Waals surface area contributed by atoms with E-state index in [4.69, 9.17) is 5.26 Å². The Labute approximate surface area is 179 Å². The van der Waals surface area contributed by atoms with Crippen molar-refractivity contribution in [3.05, 3.63) is 89.5 Å². The van der Waals surface area contributed by atoms with Gasteiger partial charge >= 0.3 is 6.61 Å². The molecule has 1 atom stereocenters. The molecule has 0 saturated heterocycles. The molecule has 0 aliphatic carbocycles. The van der Waals surface area contributed by atoms with Crippen molar-refractivity contribution >= 4 is 17.3 Å². The Hall–Kier alpha value is -3.92. The zero-order valence-corrected chi connectivity index (χ0v) is 16.8. The van der Waals surface area contributed by atoms with Crippen LogP contribution >= 0.6 is 0 Å². The Morgan fingerprint density at radius 3 is 2.48 bits per heavy atom. The van der Waals surface area contributed by atoms with Gasteiger partial charge in [-0.05, 0) is 42.8 Å². The van der Waals surface area contributed by atoms with Crippen LogP contribution in [0.5, 0.6) is 5.75 Å². The summed E-state index contributed by atoms with van der Waals surface area (Å²) < 4.78 is 30.3. The van der Waals surface area contributed by atoms with Crippen LogP contribution in [-0.4, -0.2) is 18.6 Å². The third-order valence-corrected chi connectivity index (χ3v) is 4.60. The van der Waals surface area contributed by atoms with Crippen LogP contribution in [0.25, 0.3) is 0 Å². The maximum absolute atomic E-state index is 12.8. The molecule has 158 valence electrons. The molecule has 31 heavy (non-hydrogen) atoms. The highest BCUT2D eigenvalue weighted by atomic mass is 19.3. The number of halogens is 2. The largest absolute Gasteiger partial charge is 0.435 e. The number of para-hydroxylation sites is 1. The predicted octanol–water partition coefficient (Wildman–Crippen LogP) is 5.19. The minimum absolute atomic E-state index is 0.0875. The summed E-state index contributed by atoms with van der Waals surface area (Å²) in [4.78, 5) is 12.6. The SMILES string of the molecule is CC(Nc1ccc(OC(F)F)c(Cc2ccccc2)c1)C(=O)Nc1ccccc1C#N. The zero-order valence-electron chi connectivity index (χ0n) is 16.8. The van der Waals surface area contributed by atoms with E-state index >= 15 is 0 Å². The van der Waals surface area contributed by atoms with Gasteiger partial charge in [-0.2, -0.15) is 14.0 Å². The van der Waals surface area contributed by atoms with Gasteiger partial charge in [0.05, 0.1) is 11.3 Å². The van der Waals surface area contributed by atoms with Gasteiger partial charge in [-0.3, -0.25) is 4.79 Å². The molecular formula is C24H21F2N3O2. The molecule has 3 aromatic carbocycles. The summed E-state index contributed by atoms with van der Waals surface area (Å²) >= 11 is 0. The van der Waals surface area contributed by atoms with Crippen molar-refractivity contribution in [1.82, 2.24) is 0 Å². The van der Waals surface area contributed by atoms with Crippen molar-refractivity contribution in [3.8, 4) is 11.8 Å². The average molecular weight is 421 g/mol. The van der Waals surface area contributed by atoms with Gasteiger partial charge in [-0.15, -0.1) is 0 Å². The van der Waals surface area contributed by atoms with Crippen molar-refractivity contribution < 1.29 is 18.3 Å². The lowest BCUT2D eigenvalue weighted by Gasteiger charge is -2.18. The third-order valence-electron chi connectivity index (χ3n) is 4.60. The lowest BCUT2D eigenvalue weighted by atomic mass is 10.0. The Balaban J connectivity index is 1.76. The predicted molar refractivity (Wildman–Crippen MR) is 115 cm³/mol. The molecule has 3 aromatic rings. The van der Waals surface area contributed by atoms with Crippen LogP contribution in [0, 0.1) is 11.3 Å². The highest BCUT2D eigenvalue weighted by Crippen LogP contribution is 2.27. The number of hydrogen-bond donors (Lipinski definition) is 2. The summed E-state index contributed by atoms with van der Waals surface area (Å²) in [5.74, 6) is -0.246. The van der Waals surface area contributed by atoms with E-state index in [1.54, 1.807) is 43.3 Å². The van der Waals surface area contributed by atoms with Crippen molar-refractivity contribution in [3.63, 3.8) is 0 Å². The van der Waals surface area contributed by atoms with Gasteiger partial charge in [0.25, 0.3) is 0 Å². The van der Waals surface area contributed by atoms with E-state index in [-0.39, 0.29) is 11.7 Å². The summed E-state index contributed by atoms with van der Waals surface area (Å²) in [7, 11) is 0. The summed E-state index contributed by atoms with van der Waals surface area (Å²) in [5, 5.41) is 15.0. The first-order chi connectivity index (χ1) is 15.0. The van der Waals surface area contributed by atoms with Crippen LogP contribution in [0.3, 0.4) is 0 Å². The third kappa shape index (κ3) is 6.03. The maximum Gasteiger partial charge on any atom is 0.387 e. The van der Waals surface area contributed by atoms with Gasteiger partial charge in [0.15, 0.2) is 0 Å². The van der Waals surface area contributed by atoms with Gasteiger partial charge in [0, 0.05) is 17.7 Å². The fraction of sp³-hybridized carbons (Fsp3) is 0.167. The van der Waals surface area contributed by atoms with Crippen LogP contribution in [0.15, 0.2) is 72.8 Å². The van der Waals surface area contributed by atoms with Crippen molar-refractivity contribution in [2.24, 2.45) is 0 Å². The number of benzene rings is 3. The number of carbonyl (C=O) groups excluding carboxylic acids is 1. The topological polar surface area (TPSA) is 74.2 Å². The normalized spacial score (nSPS) is 11.5. The quantitative estimate of drug-likeness (QED) is 0.525. The smallest absolute Gasteiger partial charge is 0.387 e. The summed E-state index contributed by atoms with van der Waals surface area (Å²) in [5.41, 5.74) is 2.89. The molecule has 5 nitrogen and oxygen atoms in total. The van der Waals surface area contributed by atoms with E-state index in [9.17, 15) is 13.6 Å². The number of alkyl halides is 2. The lowest BCUT2D eigenvalue weighted by molar-refractivity contribution is -0.116. The number of hydrogen-bond acceptors (Lipinski definition) is 4. The maximum atomic E-state index is 12.8. The first-order valence-corrected chi connectivity index (χ1v) is 9.64. The van der Waals surface area contributed by atoms with Crippen molar-refractivity contribution in [2.45, 2.75) is 26.0 Å². The highest BCUT2D eigenvalue weighted by Gasteiger charge is 2.16. The standard InChI is InChI=1S/C24H21F2N3O2/c1-16(23(30)29-21-10-6-5-9-18(21)15-27)28-20-11-12-22(31-24(25)26)19(14-20)13-17-7-3-2-4-8-17/h2-12,14,16,24,28H,13H2,1H3,(H,29,30). The summed E-state index contributed by atoms with van der Waals surface area (Å²) in [6.45, 7) is -1.26. The van der Waals surface area contributed by atoms with Crippen molar-refractivity contribution in [2.75, 3.05) is 10.6 Å². The van der Waals surface area contributed by atoms with Gasteiger partial charge in [0.2, 0.25) is 5.91 Å². The Morgan fingerprint density at radius 2 is 1.77 bits per heavy atom. The number of anilines is 2. The molecule has 0 aromatic heterocycles. The number of rotatable bonds is 8. The Bertz CT molecular complexity index is 1080.